The zero-order valence-electron chi connectivity index (χ0n) is 19.6. The maximum Gasteiger partial charge on any atom is 0.245 e. The monoisotopic (exact) mass is 473 g/mol. The van der Waals surface area contributed by atoms with Crippen LogP contribution in [0.25, 0.3) is 0 Å². The summed E-state index contributed by atoms with van der Waals surface area (Å²) >= 11 is 0. The minimum absolute atomic E-state index is 0.102. The van der Waals surface area contributed by atoms with Crippen LogP contribution in [0.5, 0.6) is 17.2 Å². The van der Waals surface area contributed by atoms with Crippen molar-refractivity contribution in [2.24, 2.45) is 11.0 Å². The molecule has 4 rings (SSSR count). The van der Waals surface area contributed by atoms with Gasteiger partial charge in [-0.2, -0.15) is 5.10 Å². The third-order valence-electron chi connectivity index (χ3n) is 5.69. The maximum atomic E-state index is 12.6. The number of carbonyl (C=O) groups excluding carboxylic acids is 2. The van der Waals surface area contributed by atoms with Crippen LogP contribution in [0.3, 0.4) is 0 Å². The zero-order chi connectivity index (χ0) is 24.6. The van der Waals surface area contributed by atoms with Crippen LogP contribution in [0, 0.1) is 5.92 Å². The standard InChI is InChI=1S/C27H27N3O5/c1-33-23-11-9-22(10-12-23)30-17-21(15-26(30)31)27(32)29-28-16-20-8-13-24(25(14-20)34-2)35-18-19-6-4-3-5-7-19/h3-14,16,21H,15,17-18H2,1-2H3,(H,29,32)/b28-16+/t21-/m1/s1. The summed E-state index contributed by atoms with van der Waals surface area (Å²) in [6.07, 6.45) is 1.66. The summed E-state index contributed by atoms with van der Waals surface area (Å²) in [7, 11) is 3.15. The molecule has 1 aliphatic heterocycles. The van der Waals surface area contributed by atoms with E-state index in [1.807, 2.05) is 36.4 Å². The number of rotatable bonds is 9. The van der Waals surface area contributed by atoms with Crippen LogP contribution in [-0.2, 0) is 16.2 Å². The highest BCUT2D eigenvalue weighted by Crippen LogP contribution is 2.29. The van der Waals surface area contributed by atoms with Gasteiger partial charge in [-0.3, -0.25) is 9.59 Å². The summed E-state index contributed by atoms with van der Waals surface area (Å²) in [5.74, 6) is 0.991. The molecule has 0 unspecified atom stereocenters. The number of hydrazone groups is 1. The first-order valence-electron chi connectivity index (χ1n) is 11.2. The van der Waals surface area contributed by atoms with Crippen molar-refractivity contribution in [3.63, 3.8) is 0 Å². The number of carbonyl (C=O) groups is 2. The van der Waals surface area contributed by atoms with Gasteiger partial charge >= 0.3 is 0 Å². The van der Waals surface area contributed by atoms with Crippen LogP contribution >= 0.6 is 0 Å². The predicted octanol–water partition coefficient (Wildman–Crippen LogP) is 3.79. The molecule has 0 aromatic heterocycles. The molecule has 180 valence electrons. The van der Waals surface area contributed by atoms with Crippen molar-refractivity contribution in [1.82, 2.24) is 5.43 Å². The maximum absolute atomic E-state index is 12.6. The van der Waals surface area contributed by atoms with E-state index in [1.165, 1.54) is 6.21 Å². The lowest BCUT2D eigenvalue weighted by molar-refractivity contribution is -0.126. The number of hydrogen-bond donors (Lipinski definition) is 1. The molecule has 1 aliphatic rings. The number of nitrogens with zero attached hydrogens (tertiary/aromatic N) is 2. The topological polar surface area (TPSA) is 89.5 Å². The van der Waals surface area contributed by atoms with E-state index in [1.54, 1.807) is 55.5 Å². The van der Waals surface area contributed by atoms with Crippen molar-refractivity contribution in [3.05, 3.63) is 83.9 Å². The summed E-state index contributed by atoms with van der Waals surface area (Å²) in [5.41, 5.74) is 5.06. The lowest BCUT2D eigenvalue weighted by atomic mass is 10.1. The van der Waals surface area contributed by atoms with Gasteiger partial charge in [-0.1, -0.05) is 30.3 Å². The third kappa shape index (κ3) is 5.97. The Kier molecular flexibility index (Phi) is 7.62. The first-order valence-corrected chi connectivity index (χ1v) is 11.2. The van der Waals surface area contributed by atoms with E-state index in [0.717, 1.165) is 16.8 Å². The molecule has 2 amide bonds. The fourth-order valence-electron chi connectivity index (χ4n) is 3.78. The van der Waals surface area contributed by atoms with Crippen molar-refractivity contribution >= 4 is 23.7 Å². The van der Waals surface area contributed by atoms with Gasteiger partial charge in [0.15, 0.2) is 11.5 Å². The Morgan fingerprint density at radius 3 is 2.51 bits per heavy atom. The van der Waals surface area contributed by atoms with Crippen molar-refractivity contribution in [3.8, 4) is 17.2 Å². The number of anilines is 1. The minimum Gasteiger partial charge on any atom is -0.497 e. The fourth-order valence-corrected chi connectivity index (χ4v) is 3.78. The quantitative estimate of drug-likeness (QED) is 0.377. The van der Waals surface area contributed by atoms with Crippen molar-refractivity contribution < 1.29 is 23.8 Å². The van der Waals surface area contributed by atoms with E-state index in [2.05, 4.69) is 10.5 Å². The van der Waals surface area contributed by atoms with Gasteiger partial charge in [0.2, 0.25) is 11.8 Å². The Morgan fingerprint density at radius 2 is 1.80 bits per heavy atom. The number of hydrogen-bond acceptors (Lipinski definition) is 6. The second kappa shape index (κ2) is 11.2. The molecule has 1 saturated heterocycles. The molecule has 35 heavy (non-hydrogen) atoms. The molecule has 1 heterocycles. The lowest BCUT2D eigenvalue weighted by Crippen LogP contribution is -2.30. The zero-order valence-corrected chi connectivity index (χ0v) is 19.6. The molecule has 8 heteroatoms. The van der Waals surface area contributed by atoms with Gasteiger partial charge in [0, 0.05) is 18.7 Å². The molecule has 1 atom stereocenters. The van der Waals surface area contributed by atoms with Crippen LogP contribution in [0.4, 0.5) is 5.69 Å². The minimum atomic E-state index is -0.481. The molecule has 0 radical (unpaired) electrons. The summed E-state index contributed by atoms with van der Waals surface area (Å²) < 4.78 is 16.5. The Labute approximate surface area is 204 Å². The first-order chi connectivity index (χ1) is 17.1. The van der Waals surface area contributed by atoms with Gasteiger partial charge < -0.3 is 19.1 Å². The van der Waals surface area contributed by atoms with Crippen molar-refractivity contribution in [2.45, 2.75) is 13.0 Å². The second-order valence-corrected chi connectivity index (χ2v) is 8.02. The number of benzene rings is 3. The molecule has 1 fully saturated rings. The van der Waals surface area contributed by atoms with E-state index in [4.69, 9.17) is 14.2 Å². The molecule has 0 spiro atoms. The second-order valence-electron chi connectivity index (χ2n) is 8.02. The van der Waals surface area contributed by atoms with Crippen LogP contribution in [-0.4, -0.2) is 38.8 Å². The number of ether oxygens (including phenoxy) is 3. The normalized spacial score (nSPS) is 15.3. The van der Waals surface area contributed by atoms with Crippen molar-refractivity contribution in [2.75, 3.05) is 25.7 Å². The van der Waals surface area contributed by atoms with Gasteiger partial charge in [-0.05, 0) is 53.6 Å². The van der Waals surface area contributed by atoms with Gasteiger partial charge in [0.05, 0.1) is 26.4 Å². The molecule has 0 aliphatic carbocycles. The number of methoxy groups -OCH3 is 2. The van der Waals surface area contributed by atoms with E-state index >= 15 is 0 Å². The van der Waals surface area contributed by atoms with Gasteiger partial charge in [-0.25, -0.2) is 5.43 Å². The summed E-state index contributed by atoms with van der Waals surface area (Å²) in [6, 6.07) is 22.4. The largest absolute Gasteiger partial charge is 0.497 e. The molecule has 0 bridgehead atoms. The Balaban J connectivity index is 1.32. The van der Waals surface area contributed by atoms with Gasteiger partial charge in [0.25, 0.3) is 0 Å². The van der Waals surface area contributed by atoms with Crippen LogP contribution in [0.1, 0.15) is 17.5 Å². The Bertz CT molecular complexity index is 1200. The summed E-state index contributed by atoms with van der Waals surface area (Å²) in [5, 5.41) is 4.06. The van der Waals surface area contributed by atoms with Crippen LogP contribution in [0.2, 0.25) is 0 Å². The highest BCUT2D eigenvalue weighted by molar-refractivity contribution is 6.00. The Hall–Kier alpha value is -4.33. The molecule has 1 N–H and O–H groups in total. The number of amides is 2. The molecule has 0 saturated carbocycles. The van der Waals surface area contributed by atoms with E-state index < -0.39 is 5.92 Å². The average Bonchev–Trinajstić information content (AvgIpc) is 3.30. The molecular weight excluding hydrogens is 446 g/mol. The predicted molar refractivity (Wildman–Crippen MR) is 133 cm³/mol. The third-order valence-corrected chi connectivity index (χ3v) is 5.69. The van der Waals surface area contributed by atoms with Crippen LogP contribution < -0.4 is 24.5 Å². The first kappa shape index (κ1) is 23.8. The molecular formula is C27H27N3O5. The fraction of sp³-hybridized carbons (Fsp3) is 0.222. The van der Waals surface area contributed by atoms with E-state index in [-0.39, 0.29) is 18.2 Å². The van der Waals surface area contributed by atoms with E-state index in [9.17, 15) is 9.59 Å². The molecule has 8 nitrogen and oxygen atoms in total. The van der Waals surface area contributed by atoms with Crippen molar-refractivity contribution in [1.29, 1.82) is 0 Å². The smallest absolute Gasteiger partial charge is 0.245 e. The van der Waals surface area contributed by atoms with Crippen LogP contribution in [0.15, 0.2) is 77.9 Å². The lowest BCUT2D eigenvalue weighted by Gasteiger charge is -2.16. The summed E-state index contributed by atoms with van der Waals surface area (Å²) in [6.45, 7) is 0.724. The SMILES string of the molecule is COc1ccc(N2C[C@H](C(=O)N/N=C/c3ccc(OCc4ccccc4)c(OC)c3)CC2=O)cc1. The molecule has 3 aromatic rings. The summed E-state index contributed by atoms with van der Waals surface area (Å²) in [4.78, 5) is 26.6. The molecule has 3 aromatic carbocycles. The number of nitrogens with one attached hydrogen (secondary N) is 1. The Morgan fingerprint density at radius 1 is 1.03 bits per heavy atom. The van der Waals surface area contributed by atoms with E-state index in [0.29, 0.717) is 30.4 Å². The van der Waals surface area contributed by atoms with Gasteiger partial charge in [-0.15, -0.1) is 0 Å². The average molecular weight is 474 g/mol. The highest BCUT2D eigenvalue weighted by Gasteiger charge is 2.35. The highest BCUT2D eigenvalue weighted by atomic mass is 16.5. The van der Waals surface area contributed by atoms with Gasteiger partial charge in [0.1, 0.15) is 12.4 Å².